The summed E-state index contributed by atoms with van der Waals surface area (Å²) < 4.78 is 17.9. The minimum atomic E-state index is -0.273. The van der Waals surface area contributed by atoms with E-state index < -0.39 is 0 Å². The largest absolute Gasteiger partial charge is 0.317 e. The van der Waals surface area contributed by atoms with Crippen LogP contribution >= 0.6 is 22.6 Å². The number of rotatable bonds is 4. The minimum Gasteiger partial charge on any atom is -0.317 e. The Morgan fingerprint density at radius 1 is 1.32 bits per heavy atom. The summed E-state index contributed by atoms with van der Waals surface area (Å²) >= 11 is 2.07. The predicted octanol–water partition coefficient (Wildman–Crippen LogP) is 3.28. The fourth-order valence-electron chi connectivity index (χ4n) is 2.66. The van der Waals surface area contributed by atoms with Crippen LogP contribution in [0.3, 0.4) is 0 Å². The van der Waals surface area contributed by atoms with Crippen LogP contribution in [0.1, 0.15) is 27.4 Å². The summed E-state index contributed by atoms with van der Waals surface area (Å²) in [6.07, 6.45) is 1.64. The Morgan fingerprint density at radius 2 is 2.04 bits per heavy atom. The maximum atomic E-state index is 13.9. The first-order valence-electron chi connectivity index (χ1n) is 7.64. The topological polar surface area (TPSA) is 64.7 Å². The van der Waals surface area contributed by atoms with Gasteiger partial charge in [0.05, 0.1) is 33.4 Å². The lowest BCUT2D eigenvalue weighted by Crippen LogP contribution is -2.18. The number of carbonyl (C=O) groups excluding carboxylic acids is 1. The molecule has 0 saturated carbocycles. The highest BCUT2D eigenvalue weighted by Gasteiger charge is 2.20. The number of hydrogen-bond donors (Lipinski definition) is 1. The van der Waals surface area contributed by atoms with Crippen LogP contribution in [0.2, 0.25) is 0 Å². The highest BCUT2D eigenvalue weighted by Crippen LogP contribution is 2.22. The van der Waals surface area contributed by atoms with Gasteiger partial charge in [-0.15, -0.1) is 0 Å². The van der Waals surface area contributed by atoms with Crippen LogP contribution in [-0.2, 0) is 13.6 Å². The molecule has 3 rings (SSSR count). The zero-order chi connectivity index (χ0) is 18.1. The third-order valence-electron chi connectivity index (χ3n) is 4.01. The smallest absolute Gasteiger partial charge is 0.275 e. The van der Waals surface area contributed by atoms with Gasteiger partial charge in [-0.3, -0.25) is 14.2 Å². The Hall–Kier alpha value is -2.23. The van der Waals surface area contributed by atoms with Crippen molar-refractivity contribution in [2.75, 3.05) is 5.32 Å². The Bertz CT molecular complexity index is 927. The van der Waals surface area contributed by atoms with Gasteiger partial charge in [0.25, 0.3) is 5.91 Å². The Morgan fingerprint density at radius 3 is 2.68 bits per heavy atom. The molecule has 2 aromatic heterocycles. The summed E-state index contributed by atoms with van der Waals surface area (Å²) in [5.74, 6) is -0.522. The van der Waals surface area contributed by atoms with Crippen molar-refractivity contribution in [3.05, 3.63) is 62.5 Å². The molecular formula is C17H17FIN5O. The number of anilines is 1. The SMILES string of the molecule is Cc1nn(Cc2ccccc2F)c(C)c1NC(=O)c1c(I)cnn1C. The molecule has 2 heterocycles. The molecule has 0 aliphatic heterocycles. The van der Waals surface area contributed by atoms with Gasteiger partial charge in [0, 0.05) is 12.6 Å². The Labute approximate surface area is 158 Å². The molecule has 3 aromatic rings. The molecule has 0 bridgehead atoms. The quantitative estimate of drug-likeness (QED) is 0.617. The molecule has 8 heteroatoms. The summed E-state index contributed by atoms with van der Waals surface area (Å²) in [4.78, 5) is 12.6. The van der Waals surface area contributed by atoms with Crippen LogP contribution < -0.4 is 5.32 Å². The van der Waals surface area contributed by atoms with Gasteiger partial charge in [0.15, 0.2) is 0 Å². The lowest BCUT2D eigenvalue weighted by molar-refractivity contribution is 0.101. The molecule has 25 heavy (non-hydrogen) atoms. The van der Waals surface area contributed by atoms with E-state index >= 15 is 0 Å². The molecule has 1 N–H and O–H groups in total. The molecule has 1 amide bonds. The fraction of sp³-hybridized carbons (Fsp3) is 0.235. The highest BCUT2D eigenvalue weighted by molar-refractivity contribution is 14.1. The van der Waals surface area contributed by atoms with Crippen LogP contribution in [0.15, 0.2) is 30.5 Å². The summed E-state index contributed by atoms with van der Waals surface area (Å²) in [6.45, 7) is 3.97. The molecule has 0 aliphatic carbocycles. The molecule has 0 atom stereocenters. The first-order chi connectivity index (χ1) is 11.9. The minimum absolute atomic E-state index is 0.249. The number of hydrogen-bond acceptors (Lipinski definition) is 3. The van der Waals surface area contributed by atoms with E-state index in [2.05, 4.69) is 38.1 Å². The van der Waals surface area contributed by atoms with Gasteiger partial charge < -0.3 is 5.32 Å². The zero-order valence-corrected chi connectivity index (χ0v) is 16.2. The van der Waals surface area contributed by atoms with E-state index in [0.29, 0.717) is 29.2 Å². The van der Waals surface area contributed by atoms with Crippen molar-refractivity contribution in [3.63, 3.8) is 0 Å². The van der Waals surface area contributed by atoms with Crippen molar-refractivity contribution in [1.29, 1.82) is 0 Å². The second kappa shape index (κ2) is 6.95. The summed E-state index contributed by atoms with van der Waals surface area (Å²) in [6, 6.07) is 6.59. The lowest BCUT2D eigenvalue weighted by atomic mass is 10.2. The maximum Gasteiger partial charge on any atom is 0.275 e. The number of benzene rings is 1. The molecule has 1 aromatic carbocycles. The van der Waals surface area contributed by atoms with Crippen molar-refractivity contribution < 1.29 is 9.18 Å². The van der Waals surface area contributed by atoms with E-state index in [-0.39, 0.29) is 11.7 Å². The molecule has 130 valence electrons. The van der Waals surface area contributed by atoms with E-state index in [1.165, 1.54) is 10.7 Å². The van der Waals surface area contributed by atoms with E-state index in [4.69, 9.17) is 0 Å². The number of carbonyl (C=O) groups is 1. The Balaban J connectivity index is 1.88. The van der Waals surface area contributed by atoms with Gasteiger partial charge in [-0.2, -0.15) is 10.2 Å². The molecule has 0 fully saturated rings. The lowest BCUT2D eigenvalue weighted by Gasteiger charge is -2.08. The van der Waals surface area contributed by atoms with Crippen molar-refractivity contribution >= 4 is 34.2 Å². The summed E-state index contributed by atoms with van der Waals surface area (Å²) in [5, 5.41) is 11.4. The van der Waals surface area contributed by atoms with Crippen LogP contribution in [0.25, 0.3) is 0 Å². The van der Waals surface area contributed by atoms with E-state index in [0.717, 1.165) is 9.26 Å². The standard InChI is InChI=1S/C17H17FIN5O/c1-10-15(21-17(25)16-14(19)8-20-23(16)3)11(2)24(22-10)9-12-6-4-5-7-13(12)18/h4-8H,9H2,1-3H3,(H,21,25). The fourth-order valence-corrected chi connectivity index (χ4v) is 3.38. The maximum absolute atomic E-state index is 13.9. The van der Waals surface area contributed by atoms with Gasteiger partial charge in [-0.25, -0.2) is 4.39 Å². The van der Waals surface area contributed by atoms with Crippen molar-refractivity contribution in [2.45, 2.75) is 20.4 Å². The summed E-state index contributed by atoms with van der Waals surface area (Å²) in [5.41, 5.74) is 3.12. The number of amides is 1. The molecule has 0 aliphatic rings. The molecule has 0 unspecified atom stereocenters. The van der Waals surface area contributed by atoms with Gasteiger partial charge in [0.1, 0.15) is 11.5 Å². The number of aryl methyl sites for hydroxylation is 2. The molecule has 0 saturated heterocycles. The van der Waals surface area contributed by atoms with Crippen LogP contribution in [0, 0.1) is 23.2 Å². The molecule has 0 spiro atoms. The van der Waals surface area contributed by atoms with Gasteiger partial charge in [-0.05, 0) is 42.5 Å². The normalized spacial score (nSPS) is 10.9. The van der Waals surface area contributed by atoms with Crippen LogP contribution in [-0.4, -0.2) is 25.5 Å². The highest BCUT2D eigenvalue weighted by atomic mass is 127. The Kier molecular flexibility index (Phi) is 4.89. The molecule has 0 radical (unpaired) electrons. The molecule has 6 nitrogen and oxygen atoms in total. The van der Waals surface area contributed by atoms with E-state index in [1.54, 1.807) is 36.1 Å². The van der Waals surface area contributed by atoms with Crippen LogP contribution in [0.5, 0.6) is 0 Å². The monoisotopic (exact) mass is 453 g/mol. The van der Waals surface area contributed by atoms with Crippen LogP contribution in [0.4, 0.5) is 10.1 Å². The predicted molar refractivity (Wildman–Crippen MR) is 101 cm³/mol. The second-order valence-corrected chi connectivity index (χ2v) is 6.88. The van der Waals surface area contributed by atoms with E-state index in [9.17, 15) is 9.18 Å². The number of aromatic nitrogens is 4. The van der Waals surface area contributed by atoms with Crippen molar-refractivity contribution in [1.82, 2.24) is 19.6 Å². The number of halogens is 2. The average molecular weight is 453 g/mol. The molecular weight excluding hydrogens is 436 g/mol. The van der Waals surface area contributed by atoms with E-state index in [1.807, 2.05) is 13.8 Å². The zero-order valence-electron chi connectivity index (χ0n) is 14.0. The summed E-state index contributed by atoms with van der Waals surface area (Å²) in [7, 11) is 1.72. The first-order valence-corrected chi connectivity index (χ1v) is 8.72. The number of nitrogens with one attached hydrogen (secondary N) is 1. The number of nitrogens with zero attached hydrogens (tertiary/aromatic N) is 4. The average Bonchev–Trinajstić information content (AvgIpc) is 3.03. The second-order valence-electron chi connectivity index (χ2n) is 5.71. The first kappa shape index (κ1) is 17.6. The third-order valence-corrected chi connectivity index (χ3v) is 4.80. The van der Waals surface area contributed by atoms with Gasteiger partial charge >= 0.3 is 0 Å². The van der Waals surface area contributed by atoms with Gasteiger partial charge in [0.2, 0.25) is 0 Å². The van der Waals surface area contributed by atoms with Crippen molar-refractivity contribution in [2.24, 2.45) is 7.05 Å². The van der Waals surface area contributed by atoms with Crippen molar-refractivity contribution in [3.8, 4) is 0 Å². The van der Waals surface area contributed by atoms with Gasteiger partial charge in [-0.1, -0.05) is 18.2 Å². The third kappa shape index (κ3) is 3.44.